The minimum Gasteiger partial charge on any atom is -0.379 e. The molecule has 0 radical (unpaired) electrons. The molecule has 20 heteroatoms. The van der Waals surface area contributed by atoms with E-state index in [-0.39, 0.29) is 43.4 Å². The number of para-hydroxylation sites is 2. The normalized spacial score (nSPS) is 16.6. The second-order valence-electron chi connectivity index (χ2n) is 16.0. The molecule has 2 aromatic carbocycles. The molecule has 7 amide bonds. The summed E-state index contributed by atoms with van der Waals surface area (Å²) in [6.07, 6.45) is 4.79. The standard InChI is InChI=1S/C46H67N9O10S/c1-32-11-3-5-13-36(32)54(43(60)29-51-45(61)38(18-17-34(56)27-47)55(42(59)28-48)37-14-6-4-12-33(37)2)30-41(58)50-20-10-22-64-24-26-65-25-23-63-21-9-19-49-40(57)16-8-7-15-39-44-35(31-66-39)52-46(62)53-44/h3-6,11-14,27,35,38-39,44,47H,7-10,15-26,28-31,48H2,1-2H3,(H,49,57)(H,50,58)(H,51,61)(H2,52,53,62)/t35?,38-,39+,44?/m0/s1. The number of aryl methyl sites for hydroxylation is 2. The number of nitrogens with one attached hydrogen (secondary N) is 6. The van der Waals surface area contributed by atoms with Gasteiger partial charge in [0.05, 0.1) is 57.8 Å². The highest BCUT2D eigenvalue weighted by molar-refractivity contribution is 8.00. The Bertz CT molecular complexity index is 1940. The van der Waals surface area contributed by atoms with Gasteiger partial charge in [-0.1, -0.05) is 42.8 Å². The van der Waals surface area contributed by atoms with Gasteiger partial charge in [-0.3, -0.25) is 33.7 Å². The summed E-state index contributed by atoms with van der Waals surface area (Å²) >= 11 is 1.88. The van der Waals surface area contributed by atoms with Crippen molar-refractivity contribution in [3.05, 3.63) is 59.7 Å². The number of ether oxygens (including phenoxy) is 3. The number of fused-ring (bicyclic) bond motifs is 1. The molecular formula is C46H67N9O10S. The van der Waals surface area contributed by atoms with Crippen molar-refractivity contribution in [2.75, 3.05) is 87.9 Å². The van der Waals surface area contributed by atoms with Crippen molar-refractivity contribution in [1.29, 1.82) is 5.41 Å². The van der Waals surface area contributed by atoms with E-state index in [2.05, 4.69) is 26.6 Å². The molecule has 2 aromatic rings. The summed E-state index contributed by atoms with van der Waals surface area (Å²) in [5.41, 5.74) is 8.06. The lowest BCUT2D eigenvalue weighted by atomic mass is 10.0. The van der Waals surface area contributed by atoms with Gasteiger partial charge in [0, 0.05) is 61.5 Å². The second kappa shape index (κ2) is 29.3. The second-order valence-corrected chi connectivity index (χ2v) is 17.3. The number of thioether (sulfide) groups is 1. The first-order valence-corrected chi connectivity index (χ1v) is 23.7. The molecule has 2 fully saturated rings. The van der Waals surface area contributed by atoms with Crippen LogP contribution in [-0.4, -0.2) is 149 Å². The molecular weight excluding hydrogens is 871 g/mol. The molecule has 362 valence electrons. The first kappa shape index (κ1) is 53.2. The molecule has 4 atom stereocenters. The monoisotopic (exact) mass is 937 g/mol. The molecule has 0 spiro atoms. The molecule has 0 saturated carbocycles. The van der Waals surface area contributed by atoms with Crippen LogP contribution < -0.4 is 42.1 Å². The van der Waals surface area contributed by atoms with Crippen LogP contribution in [-0.2, 0) is 43.0 Å². The zero-order valence-corrected chi connectivity index (χ0v) is 38.9. The lowest BCUT2D eigenvalue weighted by Crippen LogP contribution is -2.54. The van der Waals surface area contributed by atoms with Crippen LogP contribution in [0.4, 0.5) is 16.2 Å². The van der Waals surface area contributed by atoms with Gasteiger partial charge < -0.3 is 56.8 Å². The maximum atomic E-state index is 13.8. The number of amides is 7. The topological polar surface area (TPSA) is 264 Å². The Hall–Kier alpha value is -5.41. The SMILES string of the molecule is Cc1ccccc1N(CC(=O)NCCCOCCOCCOCCCNC(=O)CCCC[C@H]1SCC2NC(=O)NC21)C(=O)CNC(=O)[C@H](CCC(=O)C=N)N(C(=O)CN)c1ccccc1C. The number of nitrogens with zero attached hydrogens (tertiary/aromatic N) is 2. The molecule has 2 saturated heterocycles. The van der Waals surface area contributed by atoms with Crippen LogP contribution in [0.2, 0.25) is 0 Å². The van der Waals surface area contributed by atoms with Crippen LogP contribution in [0.15, 0.2) is 48.5 Å². The van der Waals surface area contributed by atoms with Gasteiger partial charge in [0.15, 0.2) is 5.78 Å². The van der Waals surface area contributed by atoms with Gasteiger partial charge in [-0.25, -0.2) is 4.79 Å². The van der Waals surface area contributed by atoms with Gasteiger partial charge in [-0.15, -0.1) is 0 Å². The van der Waals surface area contributed by atoms with Crippen LogP contribution in [0.1, 0.15) is 62.5 Å². The maximum absolute atomic E-state index is 13.8. The van der Waals surface area contributed by atoms with E-state index in [0.29, 0.717) is 100 Å². The molecule has 0 aromatic heterocycles. The molecule has 0 bridgehead atoms. The van der Waals surface area contributed by atoms with E-state index in [1.807, 2.05) is 11.8 Å². The average molecular weight is 938 g/mol. The number of hydrogen-bond acceptors (Lipinski definition) is 13. The van der Waals surface area contributed by atoms with Gasteiger partial charge >= 0.3 is 6.03 Å². The number of rotatable bonds is 32. The fraction of sp³-hybridized carbons (Fsp3) is 0.565. The zero-order valence-electron chi connectivity index (χ0n) is 38.1. The Kier molecular flexibility index (Phi) is 23.6. The number of benzene rings is 2. The van der Waals surface area contributed by atoms with Gasteiger partial charge in [0.25, 0.3) is 0 Å². The van der Waals surface area contributed by atoms with Crippen LogP contribution in [0, 0.1) is 19.3 Å². The van der Waals surface area contributed by atoms with Crippen LogP contribution in [0.25, 0.3) is 0 Å². The van der Waals surface area contributed by atoms with E-state index < -0.39 is 48.5 Å². The van der Waals surface area contributed by atoms with E-state index in [0.717, 1.165) is 30.6 Å². The van der Waals surface area contributed by atoms with Gasteiger partial charge in [-0.2, -0.15) is 11.8 Å². The van der Waals surface area contributed by atoms with E-state index >= 15 is 0 Å². The van der Waals surface area contributed by atoms with Crippen LogP contribution in [0.5, 0.6) is 0 Å². The molecule has 0 aliphatic carbocycles. The van der Waals surface area contributed by atoms with Crippen LogP contribution >= 0.6 is 11.8 Å². The highest BCUT2D eigenvalue weighted by atomic mass is 32.2. The van der Waals surface area contributed by atoms with E-state index in [9.17, 15) is 33.6 Å². The lowest BCUT2D eigenvalue weighted by Gasteiger charge is -2.32. The number of carbonyl (C=O) groups is 7. The summed E-state index contributed by atoms with van der Waals surface area (Å²) < 4.78 is 16.8. The summed E-state index contributed by atoms with van der Waals surface area (Å²) in [6.45, 7) is 5.58. The average Bonchev–Trinajstić information content (AvgIpc) is 3.87. The minimum atomic E-state index is -1.22. The fourth-order valence-electron chi connectivity index (χ4n) is 7.59. The highest BCUT2D eigenvalue weighted by Gasteiger charge is 2.42. The smallest absolute Gasteiger partial charge is 0.315 e. The summed E-state index contributed by atoms with van der Waals surface area (Å²) in [7, 11) is 0. The molecule has 2 heterocycles. The van der Waals surface area contributed by atoms with Crippen LogP contribution in [0.3, 0.4) is 0 Å². The van der Waals surface area contributed by atoms with Crippen molar-refractivity contribution in [2.24, 2.45) is 5.73 Å². The van der Waals surface area contributed by atoms with Gasteiger partial charge in [0.2, 0.25) is 29.5 Å². The molecule has 66 heavy (non-hydrogen) atoms. The van der Waals surface area contributed by atoms with Crippen molar-refractivity contribution >= 4 is 70.7 Å². The minimum absolute atomic E-state index is 0.0379. The lowest BCUT2D eigenvalue weighted by molar-refractivity contribution is -0.128. The molecule has 2 aliphatic rings. The molecule has 4 rings (SSSR count). The number of Topliss-reactive ketones (excluding diaryl/α,β-unsaturated/α-hetero) is 1. The Labute approximate surface area is 391 Å². The first-order chi connectivity index (χ1) is 31.9. The molecule has 8 N–H and O–H groups in total. The highest BCUT2D eigenvalue weighted by Crippen LogP contribution is 2.33. The predicted octanol–water partition coefficient (Wildman–Crippen LogP) is 1.90. The Balaban J connectivity index is 1.08. The first-order valence-electron chi connectivity index (χ1n) is 22.6. The molecule has 2 unspecified atom stereocenters. The molecule has 2 aliphatic heterocycles. The third kappa shape index (κ3) is 17.8. The quantitative estimate of drug-likeness (QED) is 0.0315. The number of ketones is 1. The maximum Gasteiger partial charge on any atom is 0.315 e. The van der Waals surface area contributed by atoms with Crippen molar-refractivity contribution in [2.45, 2.75) is 88.6 Å². The number of urea groups is 1. The third-order valence-electron chi connectivity index (χ3n) is 11.1. The summed E-state index contributed by atoms with van der Waals surface area (Å²) in [5.74, 6) is -1.84. The number of unbranched alkanes of at least 4 members (excludes halogenated alkanes) is 1. The fourth-order valence-corrected chi connectivity index (χ4v) is 9.14. The number of anilines is 2. The van der Waals surface area contributed by atoms with Crippen molar-refractivity contribution in [1.82, 2.24) is 26.6 Å². The zero-order chi connectivity index (χ0) is 47.7. The predicted molar refractivity (Wildman–Crippen MR) is 253 cm³/mol. The largest absolute Gasteiger partial charge is 0.379 e. The Morgan fingerprint density at radius 2 is 1.39 bits per heavy atom. The summed E-state index contributed by atoms with van der Waals surface area (Å²) in [6, 6.07) is 13.1. The van der Waals surface area contributed by atoms with E-state index in [1.54, 1.807) is 62.4 Å². The van der Waals surface area contributed by atoms with Gasteiger partial charge in [-0.05, 0) is 69.2 Å². The van der Waals surface area contributed by atoms with E-state index in [4.69, 9.17) is 25.4 Å². The van der Waals surface area contributed by atoms with Crippen molar-refractivity contribution in [3.63, 3.8) is 0 Å². The third-order valence-corrected chi connectivity index (χ3v) is 12.6. The summed E-state index contributed by atoms with van der Waals surface area (Å²) in [5, 5.41) is 22.0. The van der Waals surface area contributed by atoms with Crippen molar-refractivity contribution in [3.8, 4) is 0 Å². The summed E-state index contributed by atoms with van der Waals surface area (Å²) in [4.78, 5) is 92.2. The number of hydrogen-bond donors (Lipinski definition) is 7. The Morgan fingerprint density at radius 3 is 2.02 bits per heavy atom. The van der Waals surface area contributed by atoms with Gasteiger partial charge in [0.1, 0.15) is 12.6 Å². The Morgan fingerprint density at radius 1 is 0.788 bits per heavy atom. The van der Waals surface area contributed by atoms with E-state index in [1.165, 1.54) is 9.80 Å². The molecule has 19 nitrogen and oxygen atoms in total. The number of nitrogens with two attached hydrogens (primary N) is 1. The number of carbonyl (C=O) groups excluding carboxylic acids is 7. The van der Waals surface area contributed by atoms with Crippen molar-refractivity contribution < 1.29 is 47.8 Å².